The molecule has 8 heteroatoms. The number of rotatable bonds is 2. The van der Waals surface area contributed by atoms with Gasteiger partial charge in [-0.3, -0.25) is 0 Å². The number of nitrogens with one attached hydrogen (secondary N) is 2. The Hall–Kier alpha value is -3.88. The van der Waals surface area contributed by atoms with Gasteiger partial charge in [0.25, 0.3) is 0 Å². The van der Waals surface area contributed by atoms with Crippen LogP contribution < -0.4 is 29.6 Å². The number of methoxy groups -OCH3 is 2. The maximum Gasteiger partial charge on any atom is 0.132 e. The third-order valence-corrected chi connectivity index (χ3v) is 6.33. The molecule has 0 saturated carbocycles. The van der Waals surface area contributed by atoms with Crippen LogP contribution in [0.15, 0.2) is 60.7 Å². The summed E-state index contributed by atoms with van der Waals surface area (Å²) in [5.74, 6) is 3.17. The standard InChI is InChI=1S/C29H32N4O4/c1-34-22-8-10-28-20(14-22)16-30-12-5-13-31-17-21-15-23(35-2)9-11-29(21)37-19-27-26(18-36-28)32-24-6-3-4-7-25(24)33-27/h3-4,6-11,14-15,30-31H,5,12-13,16-19H2,1-2H3. The first kappa shape index (κ1) is 24.8. The van der Waals surface area contributed by atoms with Crippen LogP contribution >= 0.6 is 0 Å². The van der Waals surface area contributed by atoms with Gasteiger partial charge in [0.1, 0.15) is 47.6 Å². The largest absolute Gasteiger partial charge is 0.497 e. The van der Waals surface area contributed by atoms with E-state index in [2.05, 4.69) is 10.6 Å². The van der Waals surface area contributed by atoms with Crippen molar-refractivity contribution in [1.29, 1.82) is 0 Å². The molecule has 1 aliphatic rings. The van der Waals surface area contributed by atoms with E-state index in [4.69, 9.17) is 28.9 Å². The van der Waals surface area contributed by atoms with Crippen LogP contribution in [0.4, 0.5) is 0 Å². The second-order valence-corrected chi connectivity index (χ2v) is 8.84. The molecule has 2 N–H and O–H groups in total. The van der Waals surface area contributed by atoms with Gasteiger partial charge in [-0.2, -0.15) is 0 Å². The van der Waals surface area contributed by atoms with E-state index >= 15 is 0 Å². The molecule has 0 fully saturated rings. The summed E-state index contributed by atoms with van der Waals surface area (Å²) in [6.45, 7) is 3.62. The highest BCUT2D eigenvalue weighted by Crippen LogP contribution is 2.28. The zero-order valence-electron chi connectivity index (χ0n) is 21.3. The molecule has 0 atom stereocenters. The van der Waals surface area contributed by atoms with Gasteiger partial charge in [-0.15, -0.1) is 0 Å². The number of nitrogens with zero attached hydrogens (tertiary/aromatic N) is 2. The van der Waals surface area contributed by atoms with E-state index in [1.54, 1.807) is 14.2 Å². The zero-order chi connectivity index (χ0) is 25.5. The van der Waals surface area contributed by atoms with E-state index in [-0.39, 0.29) is 13.2 Å². The summed E-state index contributed by atoms with van der Waals surface area (Å²) in [5, 5.41) is 7.04. The van der Waals surface area contributed by atoms with E-state index < -0.39 is 0 Å². The van der Waals surface area contributed by atoms with Gasteiger partial charge in [-0.25, -0.2) is 9.97 Å². The predicted molar refractivity (Wildman–Crippen MR) is 142 cm³/mol. The van der Waals surface area contributed by atoms with Crippen LogP contribution in [0.2, 0.25) is 0 Å². The number of aromatic nitrogens is 2. The Balaban J connectivity index is 1.49. The average Bonchev–Trinajstić information content (AvgIpc) is 2.94. The van der Waals surface area contributed by atoms with Gasteiger partial charge in [0.05, 0.1) is 25.3 Å². The Morgan fingerprint density at radius 3 is 1.62 bits per heavy atom. The van der Waals surface area contributed by atoms with E-state index in [0.29, 0.717) is 13.1 Å². The molecule has 3 aromatic carbocycles. The highest BCUT2D eigenvalue weighted by molar-refractivity contribution is 5.74. The minimum atomic E-state index is 0.271. The summed E-state index contributed by atoms with van der Waals surface area (Å²) in [6, 6.07) is 19.6. The van der Waals surface area contributed by atoms with E-state index in [0.717, 1.165) is 76.1 Å². The van der Waals surface area contributed by atoms with Crippen LogP contribution in [-0.4, -0.2) is 37.3 Å². The van der Waals surface area contributed by atoms with Crippen LogP contribution in [0, 0.1) is 0 Å². The van der Waals surface area contributed by atoms with Crippen LogP contribution in [0.25, 0.3) is 11.0 Å². The maximum atomic E-state index is 6.31. The lowest BCUT2D eigenvalue weighted by atomic mass is 10.2. The van der Waals surface area contributed by atoms with E-state index in [1.165, 1.54) is 0 Å². The molecule has 0 aliphatic carbocycles. The number of ether oxygens (including phenoxy) is 4. The predicted octanol–water partition coefficient (Wildman–Crippen LogP) is 4.39. The molecule has 0 unspecified atom stereocenters. The Labute approximate surface area is 216 Å². The Morgan fingerprint density at radius 2 is 1.16 bits per heavy atom. The highest BCUT2D eigenvalue weighted by Gasteiger charge is 2.15. The van der Waals surface area contributed by atoms with Crippen molar-refractivity contribution < 1.29 is 18.9 Å². The number of benzene rings is 3. The Kier molecular flexibility index (Phi) is 7.98. The van der Waals surface area contributed by atoms with Gasteiger partial charge in [0, 0.05) is 24.2 Å². The first-order valence-electron chi connectivity index (χ1n) is 12.5. The monoisotopic (exact) mass is 500 g/mol. The fourth-order valence-corrected chi connectivity index (χ4v) is 4.30. The first-order chi connectivity index (χ1) is 18.2. The lowest BCUT2D eigenvalue weighted by Gasteiger charge is -2.16. The van der Waals surface area contributed by atoms with Gasteiger partial charge in [-0.1, -0.05) is 12.1 Å². The van der Waals surface area contributed by atoms with E-state index in [9.17, 15) is 0 Å². The van der Waals surface area contributed by atoms with Crippen LogP contribution in [0.3, 0.4) is 0 Å². The minimum Gasteiger partial charge on any atom is -0.497 e. The van der Waals surface area contributed by atoms with Crippen LogP contribution in [0.1, 0.15) is 28.9 Å². The molecule has 37 heavy (non-hydrogen) atoms. The van der Waals surface area contributed by atoms with Gasteiger partial charge >= 0.3 is 0 Å². The fraction of sp³-hybridized carbons (Fsp3) is 0.310. The molecule has 192 valence electrons. The second kappa shape index (κ2) is 11.9. The van der Waals surface area contributed by atoms with Crippen molar-refractivity contribution in [3.05, 3.63) is 83.2 Å². The Bertz CT molecular complexity index is 1260. The SMILES string of the molecule is COc1ccc2c(c1)CNCCCNCc1cc(OC)ccc1OCc1nc3ccccc3nc1CO2. The maximum absolute atomic E-state index is 6.31. The molecule has 8 nitrogen and oxygen atoms in total. The number of hydrogen-bond acceptors (Lipinski definition) is 8. The third kappa shape index (κ3) is 6.10. The average molecular weight is 501 g/mol. The summed E-state index contributed by atoms with van der Waals surface area (Å²) in [6.07, 6.45) is 0.978. The molecule has 2 heterocycles. The lowest BCUT2D eigenvalue weighted by Crippen LogP contribution is -2.22. The zero-order valence-corrected chi connectivity index (χ0v) is 21.3. The topological polar surface area (TPSA) is 86.8 Å². The smallest absolute Gasteiger partial charge is 0.132 e. The van der Waals surface area contributed by atoms with Crippen LogP contribution in [0.5, 0.6) is 23.0 Å². The summed E-state index contributed by atoms with van der Waals surface area (Å²) in [5.41, 5.74) is 5.19. The molecule has 0 spiro atoms. The van der Waals surface area contributed by atoms with Crippen molar-refractivity contribution >= 4 is 11.0 Å². The number of hydrogen-bond donors (Lipinski definition) is 2. The van der Waals surface area contributed by atoms with Crippen molar-refractivity contribution in [2.24, 2.45) is 0 Å². The molecule has 5 rings (SSSR count). The summed E-state index contributed by atoms with van der Waals surface area (Å²) in [4.78, 5) is 9.77. The first-order valence-corrected chi connectivity index (χ1v) is 12.5. The molecule has 0 amide bonds. The summed E-state index contributed by atoms with van der Waals surface area (Å²) >= 11 is 0. The quantitative estimate of drug-likeness (QED) is 0.419. The van der Waals surface area contributed by atoms with Crippen molar-refractivity contribution in [3.63, 3.8) is 0 Å². The molecule has 4 aromatic rings. The molecule has 1 aromatic heterocycles. The van der Waals surface area contributed by atoms with Crippen molar-refractivity contribution in [2.45, 2.75) is 32.7 Å². The highest BCUT2D eigenvalue weighted by atomic mass is 16.5. The third-order valence-electron chi connectivity index (χ3n) is 6.33. The molecule has 0 bridgehead atoms. The van der Waals surface area contributed by atoms with Gasteiger partial charge in [0.2, 0.25) is 0 Å². The Morgan fingerprint density at radius 1 is 0.676 bits per heavy atom. The summed E-state index contributed by atoms with van der Waals surface area (Å²) < 4.78 is 23.5. The fourth-order valence-electron chi connectivity index (χ4n) is 4.30. The van der Waals surface area contributed by atoms with Crippen molar-refractivity contribution in [1.82, 2.24) is 20.6 Å². The molecular weight excluding hydrogens is 468 g/mol. The van der Waals surface area contributed by atoms with Crippen molar-refractivity contribution in [2.75, 3.05) is 27.3 Å². The number of fused-ring (bicyclic) bond motifs is 4. The normalized spacial score (nSPS) is 14.8. The summed E-state index contributed by atoms with van der Waals surface area (Å²) in [7, 11) is 3.34. The van der Waals surface area contributed by atoms with Gasteiger partial charge < -0.3 is 29.6 Å². The molecule has 0 saturated heterocycles. The van der Waals surface area contributed by atoms with Gasteiger partial charge in [-0.05, 0) is 68.0 Å². The molecular formula is C29H32N4O4. The molecule has 1 aliphatic heterocycles. The molecule has 0 radical (unpaired) electrons. The van der Waals surface area contributed by atoms with Gasteiger partial charge in [0.15, 0.2) is 0 Å². The van der Waals surface area contributed by atoms with E-state index in [1.807, 2.05) is 60.7 Å². The lowest BCUT2D eigenvalue weighted by molar-refractivity contribution is 0.274. The minimum absolute atomic E-state index is 0.271. The van der Waals surface area contributed by atoms with Crippen molar-refractivity contribution in [3.8, 4) is 23.0 Å². The van der Waals surface area contributed by atoms with Crippen LogP contribution in [-0.2, 0) is 26.3 Å². The number of para-hydroxylation sites is 2. The second-order valence-electron chi connectivity index (χ2n) is 8.84.